The fourth-order valence-electron chi connectivity index (χ4n) is 2.25. The van der Waals surface area contributed by atoms with Gasteiger partial charge in [-0.05, 0) is 25.5 Å². The Morgan fingerprint density at radius 3 is 2.50 bits per heavy atom. The molecule has 1 heterocycles. The average Bonchev–Trinajstić information content (AvgIpc) is 2.70. The molecule has 0 spiro atoms. The van der Waals surface area contributed by atoms with Gasteiger partial charge in [0, 0.05) is 6.07 Å². The predicted molar refractivity (Wildman–Crippen MR) is 89.1 cm³/mol. The lowest BCUT2D eigenvalue weighted by Crippen LogP contribution is -2.13. The number of methoxy groups -OCH3 is 1. The molecule has 0 aliphatic rings. The van der Waals surface area contributed by atoms with Crippen LogP contribution >= 0.6 is 0 Å². The summed E-state index contributed by atoms with van der Waals surface area (Å²) in [5, 5.41) is 0.138. The van der Waals surface area contributed by atoms with Crippen LogP contribution in [0.1, 0.15) is 30.8 Å². The molecule has 7 nitrogen and oxygen atoms in total. The van der Waals surface area contributed by atoms with Crippen molar-refractivity contribution in [2.75, 3.05) is 20.3 Å². The van der Waals surface area contributed by atoms with Crippen LogP contribution in [0.15, 0.2) is 27.8 Å². The molecule has 1 aromatic heterocycles. The number of pyridine rings is 1. The average molecular weight is 333 g/mol. The highest BCUT2D eigenvalue weighted by Gasteiger charge is 2.17. The molecule has 1 aromatic carbocycles. The van der Waals surface area contributed by atoms with Gasteiger partial charge in [-0.2, -0.15) is 0 Å². The van der Waals surface area contributed by atoms with Crippen LogP contribution in [0.2, 0.25) is 0 Å². The molecule has 0 amide bonds. The van der Waals surface area contributed by atoms with E-state index in [1.54, 1.807) is 6.92 Å². The van der Waals surface area contributed by atoms with Crippen molar-refractivity contribution in [3.05, 3.63) is 44.3 Å². The van der Waals surface area contributed by atoms with Crippen LogP contribution in [-0.4, -0.2) is 31.3 Å². The summed E-state index contributed by atoms with van der Waals surface area (Å²) in [6.45, 7) is 4.07. The first-order chi connectivity index (χ1) is 11.5. The summed E-state index contributed by atoms with van der Waals surface area (Å²) in [7, 11) is 1.35. The van der Waals surface area contributed by atoms with E-state index in [2.05, 4.69) is 4.98 Å². The van der Waals surface area contributed by atoms with Crippen LogP contribution in [0.5, 0.6) is 11.5 Å². The van der Waals surface area contributed by atoms with E-state index in [-0.39, 0.29) is 34.7 Å². The van der Waals surface area contributed by atoms with Crippen molar-refractivity contribution in [1.29, 1.82) is 0 Å². The lowest BCUT2D eigenvalue weighted by Gasteiger charge is -2.08. The monoisotopic (exact) mass is 333 g/mol. The molecule has 0 fully saturated rings. The van der Waals surface area contributed by atoms with Gasteiger partial charge in [0.1, 0.15) is 5.69 Å². The molecule has 1 N–H and O–H groups in total. The molecule has 7 heteroatoms. The van der Waals surface area contributed by atoms with Crippen LogP contribution in [0.4, 0.5) is 0 Å². The van der Waals surface area contributed by atoms with Gasteiger partial charge in [0.05, 0.1) is 31.2 Å². The first kappa shape index (κ1) is 17.5. The number of ether oxygens (including phenoxy) is 3. The van der Waals surface area contributed by atoms with Gasteiger partial charge in [0.25, 0.3) is 0 Å². The topological polar surface area (TPSA) is 94.7 Å². The van der Waals surface area contributed by atoms with Crippen LogP contribution in [-0.2, 0) is 4.74 Å². The molecule has 2 rings (SSSR count). The van der Waals surface area contributed by atoms with E-state index in [0.29, 0.717) is 13.0 Å². The highest BCUT2D eigenvalue weighted by atomic mass is 16.5. The van der Waals surface area contributed by atoms with Gasteiger partial charge in [-0.1, -0.05) is 6.92 Å². The minimum absolute atomic E-state index is 0.00563. The molecule has 128 valence electrons. The lowest BCUT2D eigenvalue weighted by atomic mass is 10.2. The molecule has 0 atom stereocenters. The van der Waals surface area contributed by atoms with Crippen molar-refractivity contribution in [3.8, 4) is 11.5 Å². The number of aromatic nitrogens is 1. The number of esters is 1. The molecule has 0 saturated carbocycles. The Labute approximate surface area is 138 Å². The molecule has 24 heavy (non-hydrogen) atoms. The number of nitrogens with one attached hydrogen (secondary N) is 1. The van der Waals surface area contributed by atoms with E-state index in [0.717, 1.165) is 6.07 Å². The zero-order valence-electron chi connectivity index (χ0n) is 13.8. The molecule has 0 radical (unpaired) electrons. The summed E-state index contributed by atoms with van der Waals surface area (Å²) in [4.78, 5) is 39.4. The molecule has 2 aromatic rings. The predicted octanol–water partition coefficient (Wildman–Crippen LogP) is 1.86. The first-order valence-corrected chi connectivity index (χ1v) is 7.61. The zero-order valence-corrected chi connectivity index (χ0v) is 13.8. The van der Waals surface area contributed by atoms with Crippen molar-refractivity contribution in [3.63, 3.8) is 0 Å². The van der Waals surface area contributed by atoms with Gasteiger partial charge >= 0.3 is 5.97 Å². The normalized spacial score (nSPS) is 10.5. The maximum absolute atomic E-state index is 12.5. The second kappa shape index (κ2) is 7.63. The van der Waals surface area contributed by atoms with E-state index in [9.17, 15) is 14.4 Å². The van der Waals surface area contributed by atoms with Gasteiger partial charge in [-0.3, -0.25) is 9.59 Å². The van der Waals surface area contributed by atoms with Crippen LogP contribution in [0.25, 0.3) is 10.9 Å². The molecule has 0 unspecified atom stereocenters. The van der Waals surface area contributed by atoms with E-state index >= 15 is 0 Å². The minimum Gasteiger partial charge on any atom is -0.492 e. The zero-order chi connectivity index (χ0) is 17.7. The smallest absolute Gasteiger partial charge is 0.354 e. The maximum Gasteiger partial charge on any atom is 0.354 e. The number of hydrogen-bond acceptors (Lipinski definition) is 6. The van der Waals surface area contributed by atoms with Crippen molar-refractivity contribution in [2.24, 2.45) is 0 Å². The number of aromatic amines is 1. The van der Waals surface area contributed by atoms with E-state index in [1.165, 1.54) is 19.2 Å². The highest BCUT2D eigenvalue weighted by Crippen LogP contribution is 2.28. The Hall–Kier alpha value is -2.83. The van der Waals surface area contributed by atoms with Crippen LogP contribution in [0.3, 0.4) is 0 Å². The molecular weight excluding hydrogens is 314 g/mol. The third kappa shape index (κ3) is 3.40. The SMILES string of the molecule is CCCOc1c(OC)c2c(=O)cc(C(=O)OCC)[nH]c2ccc1=O. The van der Waals surface area contributed by atoms with Gasteiger partial charge in [0.15, 0.2) is 11.2 Å². The van der Waals surface area contributed by atoms with Crippen molar-refractivity contribution in [1.82, 2.24) is 4.98 Å². The highest BCUT2D eigenvalue weighted by molar-refractivity contribution is 5.93. The van der Waals surface area contributed by atoms with E-state index < -0.39 is 16.8 Å². The number of hydrogen-bond donors (Lipinski definition) is 1. The molecule has 0 saturated heterocycles. The fraction of sp³-hybridized carbons (Fsp3) is 0.353. The Morgan fingerprint density at radius 1 is 1.12 bits per heavy atom. The van der Waals surface area contributed by atoms with Gasteiger partial charge in [0.2, 0.25) is 11.2 Å². The molecular formula is C17H19NO6. The Bertz CT molecular complexity index is 871. The summed E-state index contributed by atoms with van der Waals surface area (Å²) >= 11 is 0. The van der Waals surface area contributed by atoms with Crippen molar-refractivity contribution < 1.29 is 19.0 Å². The quantitative estimate of drug-likeness (QED) is 0.811. The van der Waals surface area contributed by atoms with Crippen molar-refractivity contribution in [2.45, 2.75) is 20.3 Å². The second-order valence-corrected chi connectivity index (χ2v) is 4.96. The summed E-state index contributed by atoms with van der Waals surface area (Å²) in [6, 6.07) is 3.81. The van der Waals surface area contributed by atoms with E-state index in [1.807, 2.05) is 6.92 Å². The van der Waals surface area contributed by atoms with Crippen LogP contribution < -0.4 is 20.3 Å². The second-order valence-electron chi connectivity index (χ2n) is 4.96. The Morgan fingerprint density at radius 2 is 1.88 bits per heavy atom. The molecule has 0 bridgehead atoms. The number of carbonyl (C=O) groups excluding carboxylic acids is 1. The molecule has 0 aliphatic heterocycles. The Kier molecular flexibility index (Phi) is 5.57. The largest absolute Gasteiger partial charge is 0.492 e. The van der Waals surface area contributed by atoms with Gasteiger partial charge in [-0.25, -0.2) is 4.79 Å². The lowest BCUT2D eigenvalue weighted by molar-refractivity contribution is 0.0520. The number of carbonyl (C=O) groups is 1. The number of fused-ring (bicyclic) bond motifs is 1. The van der Waals surface area contributed by atoms with Crippen LogP contribution in [0, 0.1) is 0 Å². The maximum atomic E-state index is 12.5. The molecule has 0 aliphatic carbocycles. The van der Waals surface area contributed by atoms with E-state index in [4.69, 9.17) is 14.2 Å². The number of rotatable bonds is 6. The standard InChI is InChI=1S/C17H19NO6/c1-4-8-24-15-12(19)7-6-10-14(16(15)22-3)13(20)9-11(18-10)17(21)23-5-2/h6-7,9H,4-5,8H2,1-3H3,(H,18,20). The summed E-state index contributed by atoms with van der Waals surface area (Å²) < 4.78 is 15.6. The van der Waals surface area contributed by atoms with Gasteiger partial charge in [-0.15, -0.1) is 0 Å². The summed E-state index contributed by atoms with van der Waals surface area (Å²) in [5.74, 6) is -0.624. The third-order valence-electron chi connectivity index (χ3n) is 3.27. The summed E-state index contributed by atoms with van der Waals surface area (Å²) in [5.41, 5.74) is -0.598. The Balaban J connectivity index is 2.79. The summed E-state index contributed by atoms with van der Waals surface area (Å²) in [6.07, 6.45) is 0.697. The van der Waals surface area contributed by atoms with Crippen molar-refractivity contribution >= 4 is 16.9 Å². The van der Waals surface area contributed by atoms with Gasteiger partial charge < -0.3 is 19.2 Å². The first-order valence-electron chi connectivity index (χ1n) is 7.61. The number of H-pyrrole nitrogens is 1. The minimum atomic E-state index is -0.647. The fourth-order valence-corrected chi connectivity index (χ4v) is 2.25. The third-order valence-corrected chi connectivity index (χ3v) is 3.27.